The average Bonchev–Trinajstić information content (AvgIpc) is 2.80. The van der Waals surface area contributed by atoms with E-state index >= 15 is 0 Å². The van der Waals surface area contributed by atoms with Crippen molar-refractivity contribution in [2.75, 3.05) is 20.2 Å². The monoisotopic (exact) mass is 267 g/mol. The van der Waals surface area contributed by atoms with Crippen molar-refractivity contribution in [1.82, 2.24) is 4.90 Å². The molecule has 1 aromatic carbocycles. The normalized spacial score (nSPS) is 20.8. The SMILES string of the molecule is COc1cccc(F)c1CN1CC[C@@H](C(C)(C)O)C1. The second-order valence-electron chi connectivity index (χ2n) is 5.80. The zero-order valence-electron chi connectivity index (χ0n) is 11.8. The van der Waals surface area contributed by atoms with Crippen molar-refractivity contribution in [2.45, 2.75) is 32.4 Å². The van der Waals surface area contributed by atoms with Gasteiger partial charge in [0.2, 0.25) is 0 Å². The van der Waals surface area contributed by atoms with Gasteiger partial charge in [0.1, 0.15) is 11.6 Å². The minimum absolute atomic E-state index is 0.231. The smallest absolute Gasteiger partial charge is 0.131 e. The average molecular weight is 267 g/mol. The number of ether oxygens (including phenoxy) is 1. The van der Waals surface area contributed by atoms with Gasteiger partial charge in [-0.25, -0.2) is 4.39 Å². The molecule has 3 nitrogen and oxygen atoms in total. The maximum Gasteiger partial charge on any atom is 0.131 e. The van der Waals surface area contributed by atoms with Crippen molar-refractivity contribution >= 4 is 0 Å². The highest BCUT2D eigenvalue weighted by molar-refractivity contribution is 5.34. The van der Waals surface area contributed by atoms with Crippen LogP contribution in [0.2, 0.25) is 0 Å². The van der Waals surface area contributed by atoms with Crippen LogP contribution in [-0.4, -0.2) is 35.8 Å². The Morgan fingerprint density at radius 1 is 1.47 bits per heavy atom. The molecule has 19 heavy (non-hydrogen) atoms. The molecule has 1 aliphatic rings. The van der Waals surface area contributed by atoms with E-state index in [1.807, 2.05) is 13.8 Å². The molecule has 0 aliphatic carbocycles. The fourth-order valence-corrected chi connectivity index (χ4v) is 2.66. The Bertz CT molecular complexity index is 442. The van der Waals surface area contributed by atoms with Crippen molar-refractivity contribution in [1.29, 1.82) is 0 Å². The van der Waals surface area contributed by atoms with Crippen LogP contribution in [0.25, 0.3) is 0 Å². The highest BCUT2D eigenvalue weighted by Crippen LogP contribution is 2.30. The van der Waals surface area contributed by atoms with Gasteiger partial charge in [0.05, 0.1) is 12.7 Å². The zero-order chi connectivity index (χ0) is 14.0. The first kappa shape index (κ1) is 14.3. The Kier molecular flexibility index (Phi) is 4.11. The first-order valence-corrected chi connectivity index (χ1v) is 6.68. The van der Waals surface area contributed by atoms with Gasteiger partial charge in [-0.1, -0.05) is 6.07 Å². The van der Waals surface area contributed by atoms with Gasteiger partial charge < -0.3 is 9.84 Å². The van der Waals surface area contributed by atoms with Gasteiger partial charge in [-0.05, 0) is 38.9 Å². The van der Waals surface area contributed by atoms with E-state index in [1.54, 1.807) is 19.2 Å². The second kappa shape index (κ2) is 5.47. The lowest BCUT2D eigenvalue weighted by Gasteiger charge is -2.26. The fourth-order valence-electron chi connectivity index (χ4n) is 2.66. The molecular weight excluding hydrogens is 245 g/mol. The van der Waals surface area contributed by atoms with Gasteiger partial charge in [-0.15, -0.1) is 0 Å². The van der Waals surface area contributed by atoms with E-state index in [9.17, 15) is 9.50 Å². The highest BCUT2D eigenvalue weighted by atomic mass is 19.1. The molecule has 0 aromatic heterocycles. The van der Waals surface area contributed by atoms with E-state index in [0.717, 1.165) is 19.5 Å². The summed E-state index contributed by atoms with van der Waals surface area (Å²) in [4.78, 5) is 2.17. The third-order valence-corrected chi connectivity index (χ3v) is 3.95. The van der Waals surface area contributed by atoms with E-state index in [2.05, 4.69) is 4.90 Å². The summed E-state index contributed by atoms with van der Waals surface area (Å²) in [5, 5.41) is 10.0. The van der Waals surface area contributed by atoms with Gasteiger partial charge in [0.25, 0.3) is 0 Å². The molecule has 0 spiro atoms. The molecule has 106 valence electrons. The molecule has 1 atom stereocenters. The van der Waals surface area contributed by atoms with Crippen LogP contribution in [0.4, 0.5) is 4.39 Å². The van der Waals surface area contributed by atoms with Gasteiger partial charge in [0.15, 0.2) is 0 Å². The minimum Gasteiger partial charge on any atom is -0.496 e. The molecule has 1 aromatic rings. The van der Waals surface area contributed by atoms with Crippen molar-refractivity contribution in [3.8, 4) is 5.75 Å². The number of methoxy groups -OCH3 is 1. The standard InChI is InChI=1S/C15H22FNO2/c1-15(2,18)11-7-8-17(9-11)10-12-13(16)5-4-6-14(12)19-3/h4-6,11,18H,7-10H2,1-3H3/t11-/m1/s1. The Balaban J connectivity index is 2.07. The van der Waals surface area contributed by atoms with Gasteiger partial charge in [0, 0.05) is 24.6 Å². The Morgan fingerprint density at radius 2 is 2.21 bits per heavy atom. The molecule has 1 aliphatic heterocycles. The molecule has 2 rings (SSSR count). The first-order valence-electron chi connectivity index (χ1n) is 6.68. The molecule has 1 heterocycles. The van der Waals surface area contributed by atoms with E-state index in [-0.39, 0.29) is 11.7 Å². The molecule has 1 N–H and O–H groups in total. The zero-order valence-corrected chi connectivity index (χ0v) is 11.8. The summed E-state index contributed by atoms with van der Waals surface area (Å²) in [6.45, 7) is 5.88. The Hall–Kier alpha value is -1.13. The lowest BCUT2D eigenvalue weighted by molar-refractivity contribution is 0.0207. The number of aliphatic hydroxyl groups is 1. The molecule has 4 heteroatoms. The van der Waals surface area contributed by atoms with E-state index in [0.29, 0.717) is 17.9 Å². The number of nitrogens with zero attached hydrogens (tertiary/aromatic N) is 1. The van der Waals surface area contributed by atoms with Crippen LogP contribution < -0.4 is 4.74 Å². The maximum atomic E-state index is 13.9. The summed E-state index contributed by atoms with van der Waals surface area (Å²) in [6.07, 6.45) is 0.945. The van der Waals surface area contributed by atoms with E-state index < -0.39 is 5.60 Å². The van der Waals surface area contributed by atoms with Crippen molar-refractivity contribution < 1.29 is 14.2 Å². The van der Waals surface area contributed by atoms with Crippen LogP contribution in [0.3, 0.4) is 0 Å². The van der Waals surface area contributed by atoms with Crippen LogP contribution in [-0.2, 0) is 6.54 Å². The summed E-state index contributed by atoms with van der Waals surface area (Å²) >= 11 is 0. The van der Waals surface area contributed by atoms with Crippen LogP contribution in [0.5, 0.6) is 5.75 Å². The predicted molar refractivity (Wildman–Crippen MR) is 72.6 cm³/mol. The van der Waals surface area contributed by atoms with Crippen molar-refractivity contribution in [3.63, 3.8) is 0 Å². The summed E-state index contributed by atoms with van der Waals surface area (Å²) in [6, 6.07) is 4.89. The van der Waals surface area contributed by atoms with Gasteiger partial charge in [-0.2, -0.15) is 0 Å². The maximum absolute atomic E-state index is 13.9. The first-order chi connectivity index (χ1) is 8.91. The predicted octanol–water partition coefficient (Wildman–Crippen LogP) is 2.43. The van der Waals surface area contributed by atoms with E-state index in [1.165, 1.54) is 6.07 Å². The number of hydrogen-bond donors (Lipinski definition) is 1. The summed E-state index contributed by atoms with van der Waals surface area (Å²) in [7, 11) is 1.56. The fraction of sp³-hybridized carbons (Fsp3) is 0.600. The van der Waals surface area contributed by atoms with Crippen LogP contribution in [0.15, 0.2) is 18.2 Å². The third kappa shape index (κ3) is 3.25. The summed E-state index contributed by atoms with van der Waals surface area (Å²) in [5.74, 6) is 0.600. The van der Waals surface area contributed by atoms with Crippen LogP contribution in [0, 0.1) is 11.7 Å². The number of halogens is 1. The number of benzene rings is 1. The molecule has 0 bridgehead atoms. The lowest BCUT2D eigenvalue weighted by atomic mass is 9.90. The van der Waals surface area contributed by atoms with Crippen molar-refractivity contribution in [2.24, 2.45) is 5.92 Å². The highest BCUT2D eigenvalue weighted by Gasteiger charge is 2.33. The van der Waals surface area contributed by atoms with Crippen molar-refractivity contribution in [3.05, 3.63) is 29.6 Å². The number of hydrogen-bond acceptors (Lipinski definition) is 3. The lowest BCUT2D eigenvalue weighted by Crippen LogP contribution is -2.33. The molecule has 0 unspecified atom stereocenters. The summed E-state index contributed by atoms with van der Waals surface area (Å²) < 4.78 is 19.1. The topological polar surface area (TPSA) is 32.7 Å². The molecule has 0 saturated carbocycles. The Labute approximate surface area is 114 Å². The molecular formula is C15H22FNO2. The third-order valence-electron chi connectivity index (χ3n) is 3.95. The molecule has 0 amide bonds. The van der Waals surface area contributed by atoms with E-state index in [4.69, 9.17) is 4.74 Å². The summed E-state index contributed by atoms with van der Waals surface area (Å²) in [5.41, 5.74) is -0.0740. The number of likely N-dealkylation sites (tertiary alicyclic amines) is 1. The second-order valence-corrected chi connectivity index (χ2v) is 5.80. The largest absolute Gasteiger partial charge is 0.496 e. The molecule has 0 radical (unpaired) electrons. The van der Waals surface area contributed by atoms with Gasteiger partial charge in [-0.3, -0.25) is 4.90 Å². The quantitative estimate of drug-likeness (QED) is 0.909. The van der Waals surface area contributed by atoms with Crippen LogP contribution >= 0.6 is 0 Å². The molecule has 1 fully saturated rings. The minimum atomic E-state index is -0.673. The molecule has 1 saturated heterocycles. The Morgan fingerprint density at radius 3 is 2.79 bits per heavy atom. The van der Waals surface area contributed by atoms with Crippen LogP contribution in [0.1, 0.15) is 25.8 Å². The number of rotatable bonds is 4. The van der Waals surface area contributed by atoms with Gasteiger partial charge >= 0.3 is 0 Å².